The van der Waals surface area contributed by atoms with E-state index in [9.17, 15) is 4.79 Å². The number of halogens is 1. The molecule has 5 nitrogen and oxygen atoms in total. The van der Waals surface area contributed by atoms with E-state index >= 15 is 0 Å². The summed E-state index contributed by atoms with van der Waals surface area (Å²) in [5.74, 6) is -0.166. The predicted molar refractivity (Wildman–Crippen MR) is 92.8 cm³/mol. The van der Waals surface area contributed by atoms with Gasteiger partial charge in [0.15, 0.2) is 5.15 Å². The first kappa shape index (κ1) is 15.7. The number of pyridine rings is 1. The smallest absolute Gasteiger partial charge is 0.244 e. The van der Waals surface area contributed by atoms with E-state index in [-0.39, 0.29) is 5.91 Å². The zero-order chi connectivity index (χ0) is 16.2. The molecule has 1 N–H and O–H groups in total. The molecule has 118 valence electrons. The Morgan fingerprint density at radius 1 is 1.48 bits per heavy atom. The van der Waals surface area contributed by atoms with Crippen molar-refractivity contribution in [2.75, 3.05) is 6.54 Å². The summed E-state index contributed by atoms with van der Waals surface area (Å²) in [6.45, 7) is 2.57. The van der Waals surface area contributed by atoms with Gasteiger partial charge in [-0.25, -0.2) is 9.97 Å². The van der Waals surface area contributed by atoms with Crippen LogP contribution in [0.25, 0.3) is 11.7 Å². The van der Waals surface area contributed by atoms with Gasteiger partial charge in [0.05, 0.1) is 10.7 Å². The molecule has 3 heterocycles. The second kappa shape index (κ2) is 6.93. The molecule has 0 aliphatic heterocycles. The van der Waals surface area contributed by atoms with Crippen LogP contribution in [0.15, 0.2) is 36.7 Å². The van der Waals surface area contributed by atoms with Crippen molar-refractivity contribution in [1.29, 1.82) is 0 Å². The van der Waals surface area contributed by atoms with Crippen LogP contribution >= 0.6 is 22.9 Å². The Bertz CT molecular complexity index is 868. The molecule has 1 amide bonds. The molecule has 0 bridgehead atoms. The molecule has 0 atom stereocenters. The molecular weight excluding hydrogens is 332 g/mol. The van der Waals surface area contributed by atoms with E-state index in [2.05, 4.69) is 15.3 Å². The second-order valence-electron chi connectivity index (χ2n) is 4.96. The minimum absolute atomic E-state index is 0.166. The van der Waals surface area contributed by atoms with Crippen molar-refractivity contribution in [3.05, 3.63) is 57.4 Å². The fraction of sp³-hybridized carbons (Fsp3) is 0.188. The summed E-state index contributed by atoms with van der Waals surface area (Å²) in [4.78, 5) is 21.6. The molecule has 0 aliphatic rings. The molecule has 0 saturated heterocycles. The van der Waals surface area contributed by atoms with Gasteiger partial charge >= 0.3 is 0 Å². The lowest BCUT2D eigenvalue weighted by Gasteiger charge is -2.00. The van der Waals surface area contributed by atoms with E-state index in [1.54, 1.807) is 17.4 Å². The van der Waals surface area contributed by atoms with Crippen molar-refractivity contribution in [1.82, 2.24) is 19.7 Å². The molecule has 3 aromatic rings. The number of hydrogen-bond donors (Lipinski definition) is 1. The summed E-state index contributed by atoms with van der Waals surface area (Å²) in [5, 5.41) is 4.24. The van der Waals surface area contributed by atoms with Crippen molar-refractivity contribution in [3.63, 3.8) is 0 Å². The summed E-state index contributed by atoms with van der Waals surface area (Å²) < 4.78 is 1.84. The molecule has 0 aliphatic carbocycles. The zero-order valence-electron chi connectivity index (χ0n) is 12.5. The van der Waals surface area contributed by atoms with Crippen LogP contribution in [0.5, 0.6) is 0 Å². The van der Waals surface area contributed by atoms with Crippen LogP contribution in [0.4, 0.5) is 0 Å². The lowest BCUT2D eigenvalue weighted by molar-refractivity contribution is -0.116. The topological polar surface area (TPSA) is 59.3 Å². The molecule has 3 aromatic heterocycles. The molecule has 23 heavy (non-hydrogen) atoms. The molecule has 0 unspecified atom stereocenters. The van der Waals surface area contributed by atoms with Crippen LogP contribution in [-0.4, -0.2) is 26.8 Å². The number of fused-ring (bicyclic) bond motifs is 1. The fourth-order valence-electron chi connectivity index (χ4n) is 2.16. The molecule has 0 saturated carbocycles. The summed E-state index contributed by atoms with van der Waals surface area (Å²) >= 11 is 7.76. The van der Waals surface area contributed by atoms with E-state index in [1.165, 1.54) is 11.0 Å². The van der Waals surface area contributed by atoms with Gasteiger partial charge < -0.3 is 5.32 Å². The van der Waals surface area contributed by atoms with Crippen molar-refractivity contribution in [2.45, 2.75) is 13.3 Å². The number of carbonyl (C=O) groups excluding carboxylic acids is 1. The molecular formula is C16H15ClN4OS. The normalized spacial score (nSPS) is 11.4. The number of aryl methyl sites for hydroxylation is 1. The molecule has 7 heteroatoms. The summed E-state index contributed by atoms with van der Waals surface area (Å²) in [6.07, 6.45) is 7.57. The molecule has 0 spiro atoms. The third-order valence-electron chi connectivity index (χ3n) is 3.22. The van der Waals surface area contributed by atoms with Gasteiger partial charge in [0.25, 0.3) is 0 Å². The van der Waals surface area contributed by atoms with Crippen molar-refractivity contribution < 1.29 is 4.79 Å². The Balaban J connectivity index is 1.60. The van der Waals surface area contributed by atoms with Gasteiger partial charge in [0.1, 0.15) is 5.65 Å². The van der Waals surface area contributed by atoms with E-state index in [0.717, 1.165) is 17.1 Å². The van der Waals surface area contributed by atoms with Gasteiger partial charge in [-0.15, -0.1) is 11.3 Å². The number of rotatable bonds is 5. The summed E-state index contributed by atoms with van der Waals surface area (Å²) in [6, 6.07) is 5.64. The van der Waals surface area contributed by atoms with E-state index in [0.29, 0.717) is 17.4 Å². The SMILES string of the molecule is Cc1cnc(CCNC(=O)/C=C\c2c(Cl)nc3ccccn23)s1. The number of aromatic nitrogens is 3. The Hall–Kier alpha value is -2.18. The maximum Gasteiger partial charge on any atom is 0.244 e. The van der Waals surface area contributed by atoms with Crippen LogP contribution in [0, 0.1) is 6.92 Å². The van der Waals surface area contributed by atoms with E-state index in [4.69, 9.17) is 11.6 Å². The first-order chi connectivity index (χ1) is 11.1. The standard InChI is InChI=1S/C16H15ClN4OS/c1-11-10-19-15(23-11)7-8-18-14(22)6-5-12-16(17)20-13-4-2-3-9-21(12)13/h2-6,9-10H,7-8H2,1H3,(H,18,22)/b6-5-. The minimum Gasteiger partial charge on any atom is -0.352 e. The number of nitrogens with zero attached hydrogens (tertiary/aromatic N) is 3. The number of nitrogens with one attached hydrogen (secondary N) is 1. The van der Waals surface area contributed by atoms with Gasteiger partial charge in [-0.1, -0.05) is 17.7 Å². The maximum absolute atomic E-state index is 11.9. The summed E-state index contributed by atoms with van der Waals surface area (Å²) in [7, 11) is 0. The third-order valence-corrected chi connectivity index (χ3v) is 4.47. The first-order valence-electron chi connectivity index (χ1n) is 7.13. The van der Waals surface area contributed by atoms with Crippen LogP contribution in [0.2, 0.25) is 5.15 Å². The van der Waals surface area contributed by atoms with Crippen LogP contribution in [-0.2, 0) is 11.2 Å². The molecule has 0 radical (unpaired) electrons. The van der Waals surface area contributed by atoms with Gasteiger partial charge in [-0.2, -0.15) is 0 Å². The van der Waals surface area contributed by atoms with Gasteiger partial charge in [0.2, 0.25) is 5.91 Å². The number of carbonyl (C=O) groups is 1. The quantitative estimate of drug-likeness (QED) is 0.722. The minimum atomic E-state index is -0.166. The lowest BCUT2D eigenvalue weighted by atomic mass is 10.3. The highest BCUT2D eigenvalue weighted by Gasteiger charge is 2.07. The fourth-order valence-corrected chi connectivity index (χ4v) is 3.19. The summed E-state index contributed by atoms with van der Waals surface area (Å²) in [5.41, 5.74) is 1.43. The molecule has 0 aromatic carbocycles. The van der Waals surface area contributed by atoms with Crippen molar-refractivity contribution >= 4 is 40.6 Å². The van der Waals surface area contributed by atoms with Crippen molar-refractivity contribution in [2.24, 2.45) is 0 Å². The maximum atomic E-state index is 11.9. The Labute approximate surface area is 142 Å². The Kier molecular flexibility index (Phi) is 4.73. The third kappa shape index (κ3) is 3.78. The number of hydrogen-bond acceptors (Lipinski definition) is 4. The largest absolute Gasteiger partial charge is 0.352 e. The van der Waals surface area contributed by atoms with Crippen LogP contribution < -0.4 is 5.32 Å². The van der Waals surface area contributed by atoms with E-state index in [1.807, 2.05) is 41.9 Å². The lowest BCUT2D eigenvalue weighted by Crippen LogP contribution is -2.23. The first-order valence-corrected chi connectivity index (χ1v) is 8.33. The highest BCUT2D eigenvalue weighted by molar-refractivity contribution is 7.11. The van der Waals surface area contributed by atoms with E-state index < -0.39 is 0 Å². The second-order valence-corrected chi connectivity index (χ2v) is 6.63. The van der Waals surface area contributed by atoms with Gasteiger partial charge in [-0.05, 0) is 25.1 Å². The van der Waals surface area contributed by atoms with Crippen LogP contribution in [0.1, 0.15) is 15.6 Å². The van der Waals surface area contributed by atoms with Gasteiger partial charge in [0, 0.05) is 36.3 Å². The van der Waals surface area contributed by atoms with Crippen LogP contribution in [0.3, 0.4) is 0 Å². The highest BCUT2D eigenvalue weighted by atomic mass is 35.5. The number of imidazole rings is 1. The van der Waals surface area contributed by atoms with Gasteiger partial charge in [-0.3, -0.25) is 9.20 Å². The Morgan fingerprint density at radius 2 is 2.35 bits per heavy atom. The zero-order valence-corrected chi connectivity index (χ0v) is 14.1. The van der Waals surface area contributed by atoms with Crippen molar-refractivity contribution in [3.8, 4) is 0 Å². The number of amides is 1. The Morgan fingerprint density at radius 3 is 3.13 bits per heavy atom. The molecule has 0 fully saturated rings. The number of thiazole rings is 1. The predicted octanol–water partition coefficient (Wildman–Crippen LogP) is 3.12. The monoisotopic (exact) mass is 346 g/mol. The average Bonchev–Trinajstić information content (AvgIpc) is 3.08. The highest BCUT2D eigenvalue weighted by Crippen LogP contribution is 2.18. The molecule has 3 rings (SSSR count). The average molecular weight is 347 g/mol.